The molecule has 1 aromatic rings. The lowest BCUT2D eigenvalue weighted by molar-refractivity contribution is -0.132. The van der Waals surface area contributed by atoms with Crippen molar-refractivity contribution < 1.29 is 4.79 Å². The molecule has 94 valence electrons. The molecule has 0 bridgehead atoms. The van der Waals surface area contributed by atoms with Crippen molar-refractivity contribution in [2.75, 3.05) is 13.6 Å². The van der Waals surface area contributed by atoms with Crippen LogP contribution in [-0.4, -0.2) is 30.6 Å². The average Bonchev–Trinajstić information content (AvgIpc) is 2.79. The Balaban J connectivity index is 1.91. The van der Waals surface area contributed by atoms with Gasteiger partial charge in [0.15, 0.2) is 0 Å². The fourth-order valence-corrected chi connectivity index (χ4v) is 2.94. The quantitative estimate of drug-likeness (QED) is 0.743. The normalized spacial score (nSPS) is 22.4. The highest BCUT2D eigenvalue weighted by molar-refractivity contribution is 5.85. The van der Waals surface area contributed by atoms with Crippen LogP contribution in [0.15, 0.2) is 17.1 Å². The first kappa shape index (κ1) is 11.5. The van der Waals surface area contributed by atoms with Crippen molar-refractivity contribution in [2.24, 2.45) is 4.99 Å². The summed E-state index contributed by atoms with van der Waals surface area (Å²) < 4.78 is 0. The minimum atomic E-state index is 0.266. The number of amides is 1. The SMILES string of the molecule is Cc1cc2c(cc1C1CCN(C)C(=O)C1)CN=C2. The number of hydrogen-bond donors (Lipinski definition) is 0. The van der Waals surface area contributed by atoms with Crippen LogP contribution in [0.25, 0.3) is 0 Å². The first-order chi connectivity index (χ1) is 8.65. The third-order valence-corrected chi connectivity index (χ3v) is 4.12. The van der Waals surface area contributed by atoms with Crippen LogP contribution in [-0.2, 0) is 11.3 Å². The van der Waals surface area contributed by atoms with Crippen LogP contribution in [0.3, 0.4) is 0 Å². The lowest BCUT2D eigenvalue weighted by atomic mass is 9.85. The Morgan fingerprint density at radius 3 is 3.00 bits per heavy atom. The third-order valence-electron chi connectivity index (χ3n) is 4.12. The van der Waals surface area contributed by atoms with Crippen molar-refractivity contribution in [3.8, 4) is 0 Å². The Labute approximate surface area is 108 Å². The molecular formula is C15H18N2O. The van der Waals surface area contributed by atoms with E-state index in [-0.39, 0.29) is 5.91 Å². The monoisotopic (exact) mass is 242 g/mol. The predicted octanol–water partition coefficient (Wildman–Crippen LogP) is 2.26. The number of hydrogen-bond acceptors (Lipinski definition) is 2. The fourth-order valence-electron chi connectivity index (χ4n) is 2.94. The van der Waals surface area contributed by atoms with Gasteiger partial charge in [-0.1, -0.05) is 6.07 Å². The van der Waals surface area contributed by atoms with Crippen molar-refractivity contribution in [2.45, 2.75) is 32.2 Å². The summed E-state index contributed by atoms with van der Waals surface area (Å²) in [6.45, 7) is 3.81. The highest BCUT2D eigenvalue weighted by Crippen LogP contribution is 2.32. The standard InChI is InChI=1S/C15H18N2O/c1-10-5-12-8-16-9-13(12)6-14(10)11-3-4-17(2)15(18)7-11/h5-6,8,11H,3-4,7,9H2,1-2H3. The Morgan fingerprint density at radius 2 is 2.22 bits per heavy atom. The van der Waals surface area contributed by atoms with Crippen LogP contribution in [0.4, 0.5) is 0 Å². The van der Waals surface area contributed by atoms with Gasteiger partial charge in [0.05, 0.1) is 6.54 Å². The number of nitrogens with zero attached hydrogens (tertiary/aromatic N) is 2. The van der Waals surface area contributed by atoms with Crippen LogP contribution in [0.2, 0.25) is 0 Å². The van der Waals surface area contributed by atoms with Gasteiger partial charge >= 0.3 is 0 Å². The summed E-state index contributed by atoms with van der Waals surface area (Å²) in [5.41, 5.74) is 5.20. The number of carbonyl (C=O) groups excluding carboxylic acids is 1. The Bertz CT molecular complexity index is 534. The molecule has 2 aliphatic heterocycles. The zero-order valence-electron chi connectivity index (χ0n) is 10.9. The molecule has 1 atom stereocenters. The molecule has 3 rings (SSSR count). The van der Waals surface area contributed by atoms with E-state index in [0.717, 1.165) is 19.5 Å². The Morgan fingerprint density at radius 1 is 1.39 bits per heavy atom. The molecule has 0 aliphatic carbocycles. The second kappa shape index (κ2) is 4.23. The molecule has 1 saturated heterocycles. The van der Waals surface area contributed by atoms with E-state index in [1.54, 1.807) is 0 Å². The third kappa shape index (κ3) is 1.84. The van der Waals surface area contributed by atoms with Crippen molar-refractivity contribution in [1.82, 2.24) is 4.90 Å². The van der Waals surface area contributed by atoms with Gasteiger partial charge in [-0.2, -0.15) is 0 Å². The molecule has 2 heterocycles. The maximum absolute atomic E-state index is 11.8. The van der Waals surface area contributed by atoms with Crippen molar-refractivity contribution >= 4 is 12.1 Å². The molecule has 18 heavy (non-hydrogen) atoms. The van der Waals surface area contributed by atoms with Gasteiger partial charge in [-0.25, -0.2) is 0 Å². The lowest BCUT2D eigenvalue weighted by Gasteiger charge is -2.30. The predicted molar refractivity (Wildman–Crippen MR) is 72.1 cm³/mol. The number of likely N-dealkylation sites (tertiary alicyclic amines) is 1. The summed E-state index contributed by atoms with van der Waals surface area (Å²) in [6, 6.07) is 4.48. The Hall–Kier alpha value is -1.64. The number of aliphatic imine (C=N–C) groups is 1. The van der Waals surface area contributed by atoms with Gasteiger partial charge in [0.1, 0.15) is 0 Å². The first-order valence-electron chi connectivity index (χ1n) is 6.52. The van der Waals surface area contributed by atoms with Crippen LogP contribution < -0.4 is 0 Å². The molecule has 0 saturated carbocycles. The van der Waals surface area contributed by atoms with E-state index < -0.39 is 0 Å². The van der Waals surface area contributed by atoms with Crippen molar-refractivity contribution in [3.63, 3.8) is 0 Å². The smallest absolute Gasteiger partial charge is 0.222 e. The summed E-state index contributed by atoms with van der Waals surface area (Å²) in [5.74, 6) is 0.655. The van der Waals surface area contributed by atoms with Gasteiger partial charge < -0.3 is 4.90 Å². The second-order valence-electron chi connectivity index (χ2n) is 5.38. The van der Waals surface area contributed by atoms with E-state index in [4.69, 9.17) is 0 Å². The van der Waals surface area contributed by atoms with Crippen LogP contribution in [0.1, 0.15) is 41.0 Å². The molecule has 3 nitrogen and oxygen atoms in total. The maximum atomic E-state index is 11.8. The van der Waals surface area contributed by atoms with Gasteiger partial charge in [-0.05, 0) is 47.6 Å². The Kier molecular flexibility index (Phi) is 2.69. The number of aryl methyl sites for hydroxylation is 1. The zero-order valence-corrected chi connectivity index (χ0v) is 10.9. The zero-order chi connectivity index (χ0) is 12.7. The molecule has 1 amide bonds. The molecule has 0 aromatic heterocycles. The van der Waals surface area contributed by atoms with Gasteiger partial charge in [0.25, 0.3) is 0 Å². The molecular weight excluding hydrogens is 224 g/mol. The minimum Gasteiger partial charge on any atom is -0.346 e. The second-order valence-corrected chi connectivity index (χ2v) is 5.38. The average molecular weight is 242 g/mol. The van der Waals surface area contributed by atoms with Crippen molar-refractivity contribution in [1.29, 1.82) is 0 Å². The van der Waals surface area contributed by atoms with Crippen LogP contribution in [0, 0.1) is 6.92 Å². The largest absolute Gasteiger partial charge is 0.346 e. The highest BCUT2D eigenvalue weighted by Gasteiger charge is 2.26. The van der Waals surface area contributed by atoms with Crippen LogP contribution >= 0.6 is 0 Å². The van der Waals surface area contributed by atoms with Gasteiger partial charge in [0, 0.05) is 26.2 Å². The molecule has 1 aromatic carbocycles. The fraction of sp³-hybridized carbons (Fsp3) is 0.467. The molecule has 3 heteroatoms. The molecule has 0 N–H and O–H groups in total. The molecule has 1 fully saturated rings. The number of rotatable bonds is 1. The first-order valence-corrected chi connectivity index (χ1v) is 6.52. The molecule has 0 spiro atoms. The minimum absolute atomic E-state index is 0.266. The summed E-state index contributed by atoms with van der Waals surface area (Å²) in [6.07, 6.45) is 3.67. The van der Waals surface area contributed by atoms with Gasteiger partial charge in [-0.15, -0.1) is 0 Å². The summed E-state index contributed by atoms with van der Waals surface area (Å²) in [7, 11) is 1.89. The summed E-state index contributed by atoms with van der Waals surface area (Å²) in [4.78, 5) is 18.0. The maximum Gasteiger partial charge on any atom is 0.222 e. The number of piperidine rings is 1. The van der Waals surface area contributed by atoms with E-state index in [1.165, 1.54) is 22.3 Å². The van der Waals surface area contributed by atoms with E-state index in [1.807, 2.05) is 18.2 Å². The summed E-state index contributed by atoms with van der Waals surface area (Å²) >= 11 is 0. The van der Waals surface area contributed by atoms with E-state index in [2.05, 4.69) is 24.0 Å². The van der Waals surface area contributed by atoms with Gasteiger partial charge in [0.2, 0.25) is 5.91 Å². The number of benzene rings is 1. The number of fused-ring (bicyclic) bond motifs is 1. The van der Waals surface area contributed by atoms with Crippen molar-refractivity contribution in [3.05, 3.63) is 34.4 Å². The van der Waals surface area contributed by atoms with Gasteiger partial charge in [-0.3, -0.25) is 9.79 Å². The topological polar surface area (TPSA) is 32.7 Å². The van der Waals surface area contributed by atoms with E-state index >= 15 is 0 Å². The number of carbonyl (C=O) groups is 1. The van der Waals surface area contributed by atoms with Crippen LogP contribution in [0.5, 0.6) is 0 Å². The van der Waals surface area contributed by atoms with E-state index in [9.17, 15) is 4.79 Å². The molecule has 1 unspecified atom stereocenters. The molecule has 0 radical (unpaired) electrons. The molecule has 2 aliphatic rings. The highest BCUT2D eigenvalue weighted by atomic mass is 16.2. The lowest BCUT2D eigenvalue weighted by Crippen LogP contribution is -2.35. The summed E-state index contributed by atoms with van der Waals surface area (Å²) in [5, 5.41) is 0. The van der Waals surface area contributed by atoms with E-state index in [0.29, 0.717) is 12.3 Å².